The fourth-order valence-corrected chi connectivity index (χ4v) is 5.44. The monoisotopic (exact) mass is 260 g/mol. The zero-order chi connectivity index (χ0) is 10.4. The minimum atomic E-state index is -1.94. The van der Waals surface area contributed by atoms with E-state index in [-0.39, 0.29) is 0 Å². The van der Waals surface area contributed by atoms with Crippen LogP contribution in [0.5, 0.6) is 0 Å². The molecular formula is C10H18GeO3. The van der Waals surface area contributed by atoms with E-state index in [1.54, 1.807) is 0 Å². The molecule has 0 saturated heterocycles. The number of hydrogen-bond donors (Lipinski definition) is 0. The predicted octanol–water partition coefficient (Wildman–Crippen LogP) is 1.68. The normalized spacial score (nSPS) is 20.4. The molecule has 0 bridgehead atoms. The zero-order valence-electron chi connectivity index (χ0n) is 9.08. The summed E-state index contributed by atoms with van der Waals surface area (Å²) in [5, 5.41) is 0. The molecule has 1 rings (SSSR count). The Labute approximate surface area is 90.2 Å². The summed E-state index contributed by atoms with van der Waals surface area (Å²) in [7, 11) is 0. The van der Waals surface area contributed by atoms with E-state index < -0.39 is 14.7 Å². The molecule has 80 valence electrons. The quantitative estimate of drug-likeness (QED) is 0.679. The molecule has 0 aromatic heterocycles. The summed E-state index contributed by atoms with van der Waals surface area (Å²) in [6.07, 6.45) is 1.99. The average Bonchev–Trinajstić information content (AvgIpc) is 2.52. The number of ether oxygens (including phenoxy) is 2. The molecule has 0 N–H and O–H groups in total. The third-order valence-electron chi connectivity index (χ3n) is 1.87. The van der Waals surface area contributed by atoms with Gasteiger partial charge in [-0.15, -0.1) is 0 Å². The third-order valence-corrected chi connectivity index (χ3v) is 6.49. The SMILES string of the molecule is CCOC1=[C](OCC)[GeH]([O]CC)[CH]=C1. The summed E-state index contributed by atoms with van der Waals surface area (Å²) in [4.78, 5) is 2.15. The van der Waals surface area contributed by atoms with Crippen LogP contribution in [0.2, 0.25) is 0 Å². The molecule has 14 heavy (non-hydrogen) atoms. The second kappa shape index (κ2) is 6.14. The van der Waals surface area contributed by atoms with Gasteiger partial charge in [-0.05, 0) is 0 Å². The van der Waals surface area contributed by atoms with Crippen molar-refractivity contribution in [2.24, 2.45) is 0 Å². The van der Waals surface area contributed by atoms with Crippen molar-refractivity contribution in [2.45, 2.75) is 20.8 Å². The Kier molecular flexibility index (Phi) is 5.11. The van der Waals surface area contributed by atoms with Crippen LogP contribution in [-0.4, -0.2) is 34.5 Å². The standard InChI is InChI=1S/C10H18GeO3/c1-4-12-9-7-8-11(14-6-3)10(9)13-5-2/h7-8,11H,4-6H2,1-3H3. The first kappa shape index (κ1) is 11.7. The van der Waals surface area contributed by atoms with Crippen molar-refractivity contribution < 1.29 is 13.2 Å². The molecule has 0 amide bonds. The second-order valence-corrected chi connectivity index (χ2v) is 7.20. The van der Waals surface area contributed by atoms with Crippen LogP contribution in [0, 0.1) is 0 Å². The molecule has 1 aliphatic heterocycles. The summed E-state index contributed by atoms with van der Waals surface area (Å²) in [5.41, 5.74) is 0. The van der Waals surface area contributed by atoms with Crippen molar-refractivity contribution in [1.29, 1.82) is 0 Å². The van der Waals surface area contributed by atoms with E-state index in [0.29, 0.717) is 13.2 Å². The topological polar surface area (TPSA) is 27.7 Å². The molecule has 1 unspecified atom stereocenters. The van der Waals surface area contributed by atoms with Gasteiger partial charge in [0.25, 0.3) is 0 Å². The minimum absolute atomic E-state index is 0.678. The van der Waals surface area contributed by atoms with Gasteiger partial charge in [-0.3, -0.25) is 0 Å². The molecule has 3 nitrogen and oxygen atoms in total. The fraction of sp³-hybridized carbons (Fsp3) is 0.600. The third kappa shape index (κ3) is 2.78. The second-order valence-electron chi connectivity index (χ2n) is 2.83. The van der Waals surface area contributed by atoms with Gasteiger partial charge in [0.2, 0.25) is 0 Å². The van der Waals surface area contributed by atoms with Crippen molar-refractivity contribution in [3.8, 4) is 0 Å². The molecule has 1 heterocycles. The van der Waals surface area contributed by atoms with E-state index in [1.165, 1.54) is 0 Å². The molecule has 4 heteroatoms. The summed E-state index contributed by atoms with van der Waals surface area (Å²) in [6, 6.07) is 0. The van der Waals surface area contributed by atoms with Crippen LogP contribution in [0.15, 0.2) is 21.3 Å². The maximum absolute atomic E-state index is 5.68. The van der Waals surface area contributed by atoms with Gasteiger partial charge in [-0.2, -0.15) is 0 Å². The van der Waals surface area contributed by atoms with Crippen LogP contribution in [0.1, 0.15) is 20.8 Å². The summed E-state index contributed by atoms with van der Waals surface area (Å²) >= 11 is -1.94. The Morgan fingerprint density at radius 3 is 2.36 bits per heavy atom. The molecule has 0 aromatic carbocycles. The Balaban J connectivity index is 2.67. The Bertz CT molecular complexity index is 236. The van der Waals surface area contributed by atoms with Crippen molar-refractivity contribution in [3.05, 3.63) is 21.3 Å². The molecule has 1 atom stereocenters. The van der Waals surface area contributed by atoms with Crippen molar-refractivity contribution in [2.75, 3.05) is 19.8 Å². The van der Waals surface area contributed by atoms with Gasteiger partial charge < -0.3 is 0 Å². The fourth-order valence-electron chi connectivity index (χ4n) is 1.38. The first-order valence-electron chi connectivity index (χ1n) is 5.13. The van der Waals surface area contributed by atoms with E-state index >= 15 is 0 Å². The first-order valence-corrected chi connectivity index (χ1v) is 8.72. The Hall–Kier alpha value is -0.417. The molecule has 0 fully saturated rings. The number of rotatable bonds is 6. The van der Waals surface area contributed by atoms with Gasteiger partial charge >= 0.3 is 89.9 Å². The van der Waals surface area contributed by atoms with Gasteiger partial charge in [0.1, 0.15) is 0 Å². The van der Waals surface area contributed by atoms with Crippen LogP contribution < -0.4 is 0 Å². The van der Waals surface area contributed by atoms with Gasteiger partial charge in [-0.25, -0.2) is 0 Å². The van der Waals surface area contributed by atoms with Crippen molar-refractivity contribution in [3.63, 3.8) is 0 Å². The van der Waals surface area contributed by atoms with E-state index in [0.717, 1.165) is 17.0 Å². The van der Waals surface area contributed by atoms with Gasteiger partial charge in [0.05, 0.1) is 0 Å². The van der Waals surface area contributed by atoms with Crippen LogP contribution in [-0.2, 0) is 13.2 Å². The Morgan fingerprint density at radius 1 is 1.07 bits per heavy atom. The molecule has 0 saturated carbocycles. The van der Waals surface area contributed by atoms with E-state index in [2.05, 4.69) is 4.91 Å². The predicted molar refractivity (Wildman–Crippen MR) is 58.2 cm³/mol. The van der Waals surface area contributed by atoms with E-state index in [1.807, 2.05) is 26.8 Å². The van der Waals surface area contributed by atoms with Crippen LogP contribution in [0.3, 0.4) is 0 Å². The zero-order valence-corrected chi connectivity index (χ0v) is 11.5. The van der Waals surface area contributed by atoms with Crippen LogP contribution >= 0.6 is 0 Å². The van der Waals surface area contributed by atoms with E-state index in [4.69, 9.17) is 13.2 Å². The first-order chi connectivity index (χ1) is 6.83. The van der Waals surface area contributed by atoms with Gasteiger partial charge in [0.15, 0.2) is 0 Å². The van der Waals surface area contributed by atoms with Gasteiger partial charge in [-0.1, -0.05) is 0 Å². The molecule has 0 aromatic rings. The summed E-state index contributed by atoms with van der Waals surface area (Å²) in [6.45, 7) is 8.09. The van der Waals surface area contributed by atoms with Crippen molar-refractivity contribution >= 4 is 14.7 Å². The molecule has 0 spiro atoms. The van der Waals surface area contributed by atoms with Crippen LogP contribution in [0.4, 0.5) is 0 Å². The number of hydrogen-bond acceptors (Lipinski definition) is 3. The number of allylic oxidation sites excluding steroid dienone is 1. The maximum atomic E-state index is 5.68. The molecule has 1 aliphatic rings. The molecular weight excluding hydrogens is 241 g/mol. The summed E-state index contributed by atoms with van der Waals surface area (Å²) < 4.78 is 17.7. The van der Waals surface area contributed by atoms with Crippen molar-refractivity contribution in [1.82, 2.24) is 0 Å². The van der Waals surface area contributed by atoms with Crippen LogP contribution in [0.25, 0.3) is 0 Å². The molecule has 0 radical (unpaired) electrons. The van der Waals surface area contributed by atoms with Gasteiger partial charge in [0, 0.05) is 0 Å². The molecule has 0 aliphatic carbocycles. The average molecular weight is 259 g/mol. The van der Waals surface area contributed by atoms with E-state index in [9.17, 15) is 0 Å². The Morgan fingerprint density at radius 2 is 1.79 bits per heavy atom. The summed E-state index contributed by atoms with van der Waals surface area (Å²) in [5.74, 6) is 0.882.